The number of benzene rings is 1. The van der Waals surface area contributed by atoms with Crippen LogP contribution in [0.15, 0.2) is 18.2 Å². The highest BCUT2D eigenvalue weighted by Gasteiger charge is 2.32. The molecular formula is C13H13ClFNO4. The van der Waals surface area contributed by atoms with Crippen molar-refractivity contribution in [3.8, 4) is 5.75 Å². The van der Waals surface area contributed by atoms with Gasteiger partial charge in [0.1, 0.15) is 11.6 Å². The predicted molar refractivity (Wildman–Crippen MR) is 69.2 cm³/mol. The molecule has 1 aliphatic rings. The van der Waals surface area contributed by atoms with Gasteiger partial charge in [-0.25, -0.2) is 4.39 Å². The van der Waals surface area contributed by atoms with Crippen LogP contribution in [0.4, 0.5) is 4.39 Å². The van der Waals surface area contributed by atoms with Crippen LogP contribution in [-0.4, -0.2) is 41.6 Å². The molecule has 1 saturated heterocycles. The molecule has 0 atom stereocenters. The van der Waals surface area contributed by atoms with Crippen LogP contribution in [0, 0.1) is 11.7 Å². The number of ether oxygens (including phenoxy) is 1. The van der Waals surface area contributed by atoms with Crippen molar-refractivity contribution in [3.63, 3.8) is 0 Å². The predicted octanol–water partition coefficient (Wildman–Crippen LogP) is 1.79. The highest BCUT2D eigenvalue weighted by Crippen LogP contribution is 2.25. The highest BCUT2D eigenvalue weighted by atomic mass is 35.5. The lowest BCUT2D eigenvalue weighted by molar-refractivity contribution is -0.146. The number of carboxylic acids is 1. The van der Waals surface area contributed by atoms with Crippen molar-refractivity contribution in [1.82, 2.24) is 4.90 Å². The van der Waals surface area contributed by atoms with Crippen molar-refractivity contribution in [2.24, 2.45) is 5.92 Å². The Morgan fingerprint density at radius 2 is 2.15 bits per heavy atom. The van der Waals surface area contributed by atoms with Crippen LogP contribution < -0.4 is 4.74 Å². The molecule has 0 aliphatic carbocycles. The number of rotatable bonds is 5. The summed E-state index contributed by atoms with van der Waals surface area (Å²) in [5.41, 5.74) is 0. The molecule has 1 aromatic carbocycles. The third kappa shape index (κ3) is 3.60. The fourth-order valence-corrected chi connectivity index (χ4v) is 2.19. The Bertz CT molecular complexity index is 531. The molecule has 0 saturated carbocycles. The molecule has 1 aromatic rings. The van der Waals surface area contributed by atoms with Crippen LogP contribution in [0.25, 0.3) is 0 Å². The van der Waals surface area contributed by atoms with Crippen molar-refractivity contribution in [3.05, 3.63) is 29.0 Å². The summed E-state index contributed by atoms with van der Waals surface area (Å²) in [7, 11) is 0. The average Bonchev–Trinajstić information content (AvgIpc) is 2.31. The van der Waals surface area contributed by atoms with Crippen LogP contribution in [0.3, 0.4) is 0 Å². The van der Waals surface area contributed by atoms with Crippen LogP contribution in [0.2, 0.25) is 5.02 Å². The largest absolute Gasteiger partial charge is 0.482 e. The topological polar surface area (TPSA) is 66.8 Å². The second kappa shape index (κ2) is 6.09. The van der Waals surface area contributed by atoms with E-state index >= 15 is 0 Å². The standard InChI is InChI=1S/C13H13ClFNO4/c14-10-4-9(15)1-2-11(10)20-7-12(17)16-5-8(6-16)3-13(18)19/h1-2,4,8H,3,5-7H2,(H,18,19). The lowest BCUT2D eigenvalue weighted by atomic mass is 9.96. The first-order valence-corrected chi connectivity index (χ1v) is 6.41. The Morgan fingerprint density at radius 1 is 1.45 bits per heavy atom. The number of likely N-dealkylation sites (tertiary alicyclic amines) is 1. The minimum Gasteiger partial charge on any atom is -0.482 e. The van der Waals surface area contributed by atoms with Crippen LogP contribution in [-0.2, 0) is 9.59 Å². The first-order chi connectivity index (χ1) is 9.45. The third-order valence-corrected chi connectivity index (χ3v) is 3.31. The number of aliphatic carboxylic acids is 1. The quantitative estimate of drug-likeness (QED) is 0.900. The molecule has 1 heterocycles. The van der Waals surface area contributed by atoms with E-state index in [1.54, 1.807) is 0 Å². The Morgan fingerprint density at radius 3 is 2.75 bits per heavy atom. The molecule has 0 unspecified atom stereocenters. The van der Waals surface area contributed by atoms with E-state index in [-0.39, 0.29) is 35.6 Å². The summed E-state index contributed by atoms with van der Waals surface area (Å²) in [6.45, 7) is 0.641. The molecule has 1 N–H and O–H groups in total. The molecule has 1 fully saturated rings. The Labute approximate surface area is 119 Å². The van der Waals surface area contributed by atoms with E-state index in [9.17, 15) is 14.0 Å². The number of halogens is 2. The number of carbonyl (C=O) groups is 2. The zero-order chi connectivity index (χ0) is 14.7. The second-order valence-corrected chi connectivity index (χ2v) is 5.03. The summed E-state index contributed by atoms with van der Waals surface area (Å²) in [5.74, 6) is -1.34. The third-order valence-electron chi connectivity index (χ3n) is 3.02. The number of hydrogen-bond donors (Lipinski definition) is 1. The van der Waals surface area contributed by atoms with Gasteiger partial charge in [0.15, 0.2) is 6.61 Å². The Hall–Kier alpha value is -1.82. The molecule has 1 amide bonds. The van der Waals surface area contributed by atoms with E-state index in [1.807, 2.05) is 0 Å². The van der Waals surface area contributed by atoms with Gasteiger partial charge in [0.2, 0.25) is 0 Å². The van der Waals surface area contributed by atoms with Gasteiger partial charge in [0, 0.05) is 19.0 Å². The van der Waals surface area contributed by atoms with Gasteiger partial charge in [-0.05, 0) is 18.2 Å². The molecule has 20 heavy (non-hydrogen) atoms. The van der Waals surface area contributed by atoms with E-state index in [4.69, 9.17) is 21.4 Å². The molecule has 0 aromatic heterocycles. The van der Waals surface area contributed by atoms with E-state index in [1.165, 1.54) is 17.0 Å². The minimum atomic E-state index is -0.864. The van der Waals surface area contributed by atoms with Gasteiger partial charge in [-0.1, -0.05) is 11.6 Å². The van der Waals surface area contributed by atoms with E-state index in [2.05, 4.69) is 0 Å². The van der Waals surface area contributed by atoms with Crippen molar-refractivity contribution >= 4 is 23.5 Å². The van der Waals surface area contributed by atoms with Crippen molar-refractivity contribution in [2.45, 2.75) is 6.42 Å². The maximum atomic E-state index is 12.8. The number of carbonyl (C=O) groups excluding carboxylic acids is 1. The van der Waals surface area contributed by atoms with E-state index in [0.717, 1.165) is 6.07 Å². The molecular weight excluding hydrogens is 289 g/mol. The van der Waals surface area contributed by atoms with Crippen molar-refractivity contribution in [1.29, 1.82) is 0 Å². The van der Waals surface area contributed by atoms with Gasteiger partial charge >= 0.3 is 5.97 Å². The molecule has 7 heteroatoms. The van der Waals surface area contributed by atoms with Crippen molar-refractivity contribution < 1.29 is 23.8 Å². The molecule has 0 bridgehead atoms. The molecule has 2 rings (SSSR count). The van der Waals surface area contributed by atoms with Crippen molar-refractivity contribution in [2.75, 3.05) is 19.7 Å². The highest BCUT2D eigenvalue weighted by molar-refractivity contribution is 6.32. The summed E-state index contributed by atoms with van der Waals surface area (Å²) in [6.07, 6.45) is 0.0639. The fourth-order valence-electron chi connectivity index (χ4n) is 1.97. The number of carboxylic acid groups (broad SMARTS) is 1. The summed E-state index contributed by atoms with van der Waals surface area (Å²) in [5, 5.41) is 8.71. The fraction of sp³-hybridized carbons (Fsp3) is 0.385. The van der Waals surface area contributed by atoms with Crippen LogP contribution in [0.5, 0.6) is 5.75 Å². The number of nitrogens with zero attached hydrogens (tertiary/aromatic N) is 1. The zero-order valence-electron chi connectivity index (χ0n) is 10.5. The summed E-state index contributed by atoms with van der Waals surface area (Å²) in [4.78, 5) is 23.7. The molecule has 0 radical (unpaired) electrons. The number of amides is 1. The first kappa shape index (κ1) is 14.6. The minimum absolute atomic E-state index is 0.00543. The molecule has 1 aliphatic heterocycles. The van der Waals surface area contributed by atoms with Gasteiger partial charge in [0.25, 0.3) is 5.91 Å². The van der Waals surface area contributed by atoms with Crippen LogP contribution in [0.1, 0.15) is 6.42 Å². The zero-order valence-corrected chi connectivity index (χ0v) is 11.3. The summed E-state index contributed by atoms with van der Waals surface area (Å²) in [6, 6.07) is 3.65. The summed E-state index contributed by atoms with van der Waals surface area (Å²) < 4.78 is 18.0. The SMILES string of the molecule is O=C(O)CC1CN(C(=O)COc2ccc(F)cc2Cl)C1. The summed E-state index contributed by atoms with van der Waals surface area (Å²) >= 11 is 5.77. The maximum absolute atomic E-state index is 12.8. The molecule has 5 nitrogen and oxygen atoms in total. The van der Waals surface area contributed by atoms with Gasteiger partial charge < -0.3 is 14.7 Å². The van der Waals surface area contributed by atoms with E-state index in [0.29, 0.717) is 13.1 Å². The van der Waals surface area contributed by atoms with Gasteiger partial charge in [-0.3, -0.25) is 9.59 Å². The van der Waals surface area contributed by atoms with Crippen LogP contribution >= 0.6 is 11.6 Å². The maximum Gasteiger partial charge on any atom is 0.303 e. The lowest BCUT2D eigenvalue weighted by Gasteiger charge is -2.38. The monoisotopic (exact) mass is 301 g/mol. The average molecular weight is 302 g/mol. The smallest absolute Gasteiger partial charge is 0.303 e. The Kier molecular flexibility index (Phi) is 4.44. The Balaban J connectivity index is 1.78. The van der Waals surface area contributed by atoms with Gasteiger partial charge in [0.05, 0.1) is 11.4 Å². The first-order valence-electron chi connectivity index (χ1n) is 6.03. The molecule has 108 valence electrons. The van der Waals surface area contributed by atoms with Gasteiger partial charge in [-0.2, -0.15) is 0 Å². The normalized spacial score (nSPS) is 14.8. The molecule has 0 spiro atoms. The lowest BCUT2D eigenvalue weighted by Crippen LogP contribution is -2.52. The van der Waals surface area contributed by atoms with Gasteiger partial charge in [-0.15, -0.1) is 0 Å². The second-order valence-electron chi connectivity index (χ2n) is 4.63. The number of hydrogen-bond acceptors (Lipinski definition) is 3. The van der Waals surface area contributed by atoms with E-state index < -0.39 is 11.8 Å².